The number of halogens is 1. The molecule has 5 nitrogen and oxygen atoms in total. The Bertz CT molecular complexity index is 524. The summed E-state index contributed by atoms with van der Waals surface area (Å²) < 4.78 is 5.71. The first-order valence-electron chi connectivity index (χ1n) is 4.45. The Morgan fingerprint density at radius 1 is 1.50 bits per heavy atom. The van der Waals surface area contributed by atoms with Gasteiger partial charge in [0.15, 0.2) is 0 Å². The molecule has 0 saturated carbocycles. The number of carbonyl (C=O) groups is 1. The number of nitrogens with zero attached hydrogens (tertiary/aromatic N) is 2. The molecule has 0 unspecified atom stereocenters. The highest BCUT2D eigenvalue weighted by Gasteiger charge is 2.11. The normalized spacial score (nSPS) is 10.3. The molecule has 2 rings (SSSR count). The second kappa shape index (κ2) is 4.44. The minimum Gasteiger partial charge on any atom is -0.481 e. The van der Waals surface area contributed by atoms with Gasteiger partial charge in [-0.05, 0) is 12.1 Å². The molecule has 0 bridgehead atoms. The molecule has 0 fully saturated rings. The van der Waals surface area contributed by atoms with Crippen LogP contribution in [0.3, 0.4) is 0 Å². The summed E-state index contributed by atoms with van der Waals surface area (Å²) in [5, 5.41) is 12.3. The minimum atomic E-state index is -0.996. The van der Waals surface area contributed by atoms with Crippen LogP contribution in [0.25, 0.3) is 11.4 Å². The van der Waals surface area contributed by atoms with Crippen LogP contribution in [0.2, 0.25) is 0 Å². The maximum absolute atomic E-state index is 10.4. The zero-order valence-electron chi connectivity index (χ0n) is 8.05. The summed E-state index contributed by atoms with van der Waals surface area (Å²) in [5.41, 5.74) is 0.773. The quantitative estimate of drug-likeness (QED) is 0.933. The maximum atomic E-state index is 10.4. The zero-order valence-corrected chi connectivity index (χ0v) is 9.64. The summed E-state index contributed by atoms with van der Waals surface area (Å²) in [5.74, 6) is -0.510. The van der Waals surface area contributed by atoms with Gasteiger partial charge in [0.2, 0.25) is 11.7 Å². The fraction of sp³-hybridized carbons (Fsp3) is 0.100. The number of aromatic nitrogens is 2. The average Bonchev–Trinajstić information content (AvgIpc) is 2.65. The van der Waals surface area contributed by atoms with Gasteiger partial charge < -0.3 is 9.63 Å². The number of benzene rings is 1. The highest BCUT2D eigenvalue weighted by molar-refractivity contribution is 9.10. The highest BCUT2D eigenvalue weighted by atomic mass is 79.9. The lowest BCUT2D eigenvalue weighted by Crippen LogP contribution is -1.99. The van der Waals surface area contributed by atoms with Crippen molar-refractivity contribution in [3.05, 3.63) is 34.6 Å². The second-order valence-corrected chi connectivity index (χ2v) is 4.01. The Morgan fingerprint density at radius 2 is 2.31 bits per heavy atom. The molecule has 0 aliphatic rings. The lowest BCUT2D eigenvalue weighted by molar-refractivity contribution is -0.136. The molecule has 6 heteroatoms. The fourth-order valence-corrected chi connectivity index (χ4v) is 1.60. The van der Waals surface area contributed by atoms with Gasteiger partial charge in [0, 0.05) is 10.0 Å². The highest BCUT2D eigenvalue weighted by Crippen LogP contribution is 2.20. The topological polar surface area (TPSA) is 76.2 Å². The van der Waals surface area contributed by atoms with Gasteiger partial charge in [-0.1, -0.05) is 33.2 Å². The van der Waals surface area contributed by atoms with Crippen molar-refractivity contribution < 1.29 is 14.4 Å². The van der Waals surface area contributed by atoms with Crippen LogP contribution in [-0.4, -0.2) is 21.2 Å². The molecule has 1 aromatic heterocycles. The van der Waals surface area contributed by atoms with E-state index in [0.29, 0.717) is 5.82 Å². The largest absolute Gasteiger partial charge is 0.481 e. The van der Waals surface area contributed by atoms with E-state index in [1.165, 1.54) is 0 Å². The Kier molecular flexibility index (Phi) is 3.00. The van der Waals surface area contributed by atoms with E-state index in [1.54, 1.807) is 0 Å². The van der Waals surface area contributed by atoms with Crippen molar-refractivity contribution >= 4 is 21.9 Å². The van der Waals surface area contributed by atoms with Crippen molar-refractivity contribution in [3.8, 4) is 11.4 Å². The van der Waals surface area contributed by atoms with E-state index >= 15 is 0 Å². The standard InChI is InChI=1S/C10H7BrN2O3/c11-7-3-1-2-6(4-7)10-12-8(16-13-10)5-9(14)15/h1-4H,5H2,(H,14,15). The Hall–Kier alpha value is -1.69. The molecule has 0 aliphatic heterocycles. The fourth-order valence-electron chi connectivity index (χ4n) is 1.20. The number of aliphatic carboxylic acids is 1. The van der Waals surface area contributed by atoms with Gasteiger partial charge in [-0.3, -0.25) is 4.79 Å². The molecule has 0 amide bonds. The third-order valence-corrected chi connectivity index (χ3v) is 2.35. The molecule has 0 atom stereocenters. The van der Waals surface area contributed by atoms with Crippen LogP contribution >= 0.6 is 15.9 Å². The van der Waals surface area contributed by atoms with E-state index in [4.69, 9.17) is 9.63 Å². The monoisotopic (exact) mass is 282 g/mol. The van der Waals surface area contributed by atoms with Crippen LogP contribution in [0.5, 0.6) is 0 Å². The maximum Gasteiger partial charge on any atom is 0.312 e. The van der Waals surface area contributed by atoms with Gasteiger partial charge in [-0.25, -0.2) is 0 Å². The van der Waals surface area contributed by atoms with Crippen molar-refractivity contribution in [3.63, 3.8) is 0 Å². The van der Waals surface area contributed by atoms with Crippen LogP contribution in [0.4, 0.5) is 0 Å². The summed E-state index contributed by atoms with van der Waals surface area (Å²) in [6, 6.07) is 7.37. The van der Waals surface area contributed by atoms with Crippen LogP contribution < -0.4 is 0 Å². The summed E-state index contributed by atoms with van der Waals surface area (Å²) in [6.07, 6.45) is -0.263. The predicted molar refractivity (Wildman–Crippen MR) is 58.8 cm³/mol. The van der Waals surface area contributed by atoms with Gasteiger partial charge in [0.05, 0.1) is 0 Å². The molecule has 2 aromatic rings. The first kappa shape index (κ1) is 10.8. The molecule has 0 saturated heterocycles. The van der Waals surface area contributed by atoms with E-state index in [-0.39, 0.29) is 12.3 Å². The molecule has 82 valence electrons. The molecule has 1 aromatic carbocycles. The summed E-state index contributed by atoms with van der Waals surface area (Å²) >= 11 is 3.33. The third kappa shape index (κ3) is 2.46. The van der Waals surface area contributed by atoms with Gasteiger partial charge >= 0.3 is 5.97 Å². The Balaban J connectivity index is 2.28. The Labute approximate surface area is 99.2 Å². The summed E-state index contributed by atoms with van der Waals surface area (Å²) in [4.78, 5) is 14.4. The molecule has 16 heavy (non-hydrogen) atoms. The lowest BCUT2D eigenvalue weighted by Gasteiger charge is -1.93. The molecule has 0 radical (unpaired) electrons. The minimum absolute atomic E-state index is 0.0995. The molecule has 1 N–H and O–H groups in total. The molecule has 0 spiro atoms. The van der Waals surface area contributed by atoms with Crippen molar-refractivity contribution in [1.82, 2.24) is 10.1 Å². The number of hydrogen-bond acceptors (Lipinski definition) is 4. The Morgan fingerprint density at radius 3 is 3.00 bits per heavy atom. The van der Waals surface area contributed by atoms with E-state index in [0.717, 1.165) is 10.0 Å². The predicted octanol–water partition coefficient (Wildman–Crippen LogP) is 2.13. The lowest BCUT2D eigenvalue weighted by atomic mass is 10.2. The van der Waals surface area contributed by atoms with Crippen molar-refractivity contribution in [1.29, 1.82) is 0 Å². The van der Waals surface area contributed by atoms with Crippen LogP contribution in [0.15, 0.2) is 33.3 Å². The van der Waals surface area contributed by atoms with E-state index in [2.05, 4.69) is 26.1 Å². The van der Waals surface area contributed by atoms with Crippen LogP contribution in [-0.2, 0) is 11.2 Å². The third-order valence-electron chi connectivity index (χ3n) is 1.85. The molecular formula is C10H7BrN2O3. The zero-order chi connectivity index (χ0) is 11.5. The van der Waals surface area contributed by atoms with Gasteiger partial charge in [-0.2, -0.15) is 4.98 Å². The molecule has 0 aliphatic carbocycles. The number of rotatable bonds is 3. The van der Waals surface area contributed by atoms with E-state index in [1.807, 2.05) is 24.3 Å². The van der Waals surface area contributed by atoms with Crippen LogP contribution in [0, 0.1) is 0 Å². The number of carboxylic acid groups (broad SMARTS) is 1. The average molecular weight is 283 g/mol. The number of hydrogen-bond donors (Lipinski definition) is 1. The molecular weight excluding hydrogens is 276 g/mol. The number of carboxylic acids is 1. The SMILES string of the molecule is O=C(O)Cc1nc(-c2cccc(Br)c2)no1. The van der Waals surface area contributed by atoms with Gasteiger partial charge in [-0.15, -0.1) is 0 Å². The van der Waals surface area contributed by atoms with Gasteiger partial charge in [0.25, 0.3) is 0 Å². The van der Waals surface area contributed by atoms with E-state index < -0.39 is 5.97 Å². The summed E-state index contributed by atoms with van der Waals surface area (Å²) in [7, 11) is 0. The van der Waals surface area contributed by atoms with E-state index in [9.17, 15) is 4.79 Å². The van der Waals surface area contributed by atoms with Crippen molar-refractivity contribution in [2.45, 2.75) is 6.42 Å². The van der Waals surface area contributed by atoms with Crippen LogP contribution in [0.1, 0.15) is 5.89 Å². The summed E-state index contributed by atoms with van der Waals surface area (Å²) in [6.45, 7) is 0. The first-order valence-corrected chi connectivity index (χ1v) is 5.25. The smallest absolute Gasteiger partial charge is 0.312 e. The van der Waals surface area contributed by atoms with Crippen molar-refractivity contribution in [2.24, 2.45) is 0 Å². The first-order chi connectivity index (χ1) is 7.65. The van der Waals surface area contributed by atoms with Gasteiger partial charge in [0.1, 0.15) is 6.42 Å². The van der Waals surface area contributed by atoms with Crippen molar-refractivity contribution in [2.75, 3.05) is 0 Å². The second-order valence-electron chi connectivity index (χ2n) is 3.09. The molecule has 1 heterocycles.